The highest BCUT2D eigenvalue weighted by atomic mass is 32.2. The molecular weight excluding hydrogens is 371 g/mol. The summed E-state index contributed by atoms with van der Waals surface area (Å²) in [5.41, 5.74) is 0. The van der Waals surface area contributed by atoms with Crippen LogP contribution in [0.1, 0.15) is 6.42 Å². The third-order valence-electron chi connectivity index (χ3n) is 4.38. The minimum atomic E-state index is -4.52. The molecule has 26 heavy (non-hydrogen) atoms. The maximum absolute atomic E-state index is 13.0. The van der Waals surface area contributed by atoms with E-state index < -0.39 is 34.7 Å². The quantitative estimate of drug-likeness (QED) is 0.805. The highest BCUT2D eigenvalue weighted by Gasteiger charge is 2.43. The van der Waals surface area contributed by atoms with Gasteiger partial charge in [0.15, 0.2) is 0 Å². The van der Waals surface area contributed by atoms with E-state index in [0.717, 1.165) is 4.31 Å². The number of hydrogen-bond acceptors (Lipinski definition) is 4. The zero-order valence-electron chi connectivity index (χ0n) is 13.8. The van der Waals surface area contributed by atoms with E-state index in [1.165, 1.54) is 25.5 Å². The number of halogens is 3. The number of rotatable bonds is 4. The molecule has 1 aliphatic heterocycles. The lowest BCUT2D eigenvalue weighted by Gasteiger charge is -2.24. The molecule has 1 fully saturated rings. The first-order valence-corrected chi connectivity index (χ1v) is 9.21. The maximum Gasteiger partial charge on any atom is 0.406 e. The van der Waals surface area contributed by atoms with Crippen LogP contribution in [0.4, 0.5) is 13.2 Å². The molecule has 1 aliphatic rings. The van der Waals surface area contributed by atoms with Crippen LogP contribution < -0.4 is 0 Å². The number of aromatic nitrogens is 1. The van der Waals surface area contributed by atoms with E-state index in [1.807, 2.05) is 0 Å². The molecule has 0 bridgehead atoms. The fraction of sp³-hybridized carbons (Fsp3) is 0.375. The van der Waals surface area contributed by atoms with Crippen molar-refractivity contribution < 1.29 is 26.4 Å². The Morgan fingerprint density at radius 3 is 2.73 bits per heavy atom. The number of pyridine rings is 1. The predicted octanol–water partition coefficient (Wildman–Crippen LogP) is 2.02. The van der Waals surface area contributed by atoms with Gasteiger partial charge in [-0.05, 0) is 18.6 Å². The van der Waals surface area contributed by atoms with Crippen LogP contribution >= 0.6 is 0 Å². The number of nitrogens with zero attached hydrogens (tertiary/aromatic N) is 3. The highest BCUT2D eigenvalue weighted by molar-refractivity contribution is 7.89. The number of likely N-dealkylation sites (tertiary alicyclic amines) is 1. The molecule has 0 saturated carbocycles. The Labute approximate surface area is 148 Å². The molecule has 1 aromatic carbocycles. The number of amides is 1. The summed E-state index contributed by atoms with van der Waals surface area (Å²) < 4.78 is 64.5. The lowest BCUT2D eigenvalue weighted by molar-refractivity contribution is -0.158. The molecule has 3 rings (SSSR count). The normalized spacial score (nSPS) is 18.9. The number of likely N-dealkylation sites (N-methyl/N-ethyl adjacent to an activating group) is 1. The first-order chi connectivity index (χ1) is 12.1. The van der Waals surface area contributed by atoms with Crippen molar-refractivity contribution in [3.05, 3.63) is 36.7 Å². The molecule has 6 nitrogen and oxygen atoms in total. The molecule has 140 valence electrons. The van der Waals surface area contributed by atoms with Gasteiger partial charge in [0.1, 0.15) is 12.6 Å². The van der Waals surface area contributed by atoms with Gasteiger partial charge in [0.2, 0.25) is 15.9 Å². The zero-order chi connectivity index (χ0) is 19.1. The van der Waals surface area contributed by atoms with Crippen LogP contribution in [0.3, 0.4) is 0 Å². The molecule has 1 aromatic heterocycles. The van der Waals surface area contributed by atoms with Crippen molar-refractivity contribution >= 4 is 26.7 Å². The summed E-state index contributed by atoms with van der Waals surface area (Å²) in [5.74, 6) is -0.838. The summed E-state index contributed by atoms with van der Waals surface area (Å²) in [6, 6.07) is 5.05. The molecule has 1 atom stereocenters. The smallest absolute Gasteiger partial charge is 0.332 e. The van der Waals surface area contributed by atoms with Crippen LogP contribution in [0.15, 0.2) is 41.6 Å². The summed E-state index contributed by atoms with van der Waals surface area (Å²) in [4.78, 5) is 16.8. The molecular formula is C16H16F3N3O3S. The molecule has 1 amide bonds. The van der Waals surface area contributed by atoms with E-state index in [4.69, 9.17) is 0 Å². The van der Waals surface area contributed by atoms with E-state index in [9.17, 15) is 26.4 Å². The van der Waals surface area contributed by atoms with Gasteiger partial charge < -0.3 is 4.90 Å². The summed E-state index contributed by atoms with van der Waals surface area (Å²) in [6.45, 7) is -1.52. The Morgan fingerprint density at radius 1 is 1.31 bits per heavy atom. The Hall–Kier alpha value is -2.20. The highest BCUT2D eigenvalue weighted by Crippen LogP contribution is 2.29. The monoisotopic (exact) mass is 387 g/mol. The van der Waals surface area contributed by atoms with Crippen molar-refractivity contribution in [1.82, 2.24) is 14.2 Å². The average Bonchev–Trinajstić information content (AvgIpc) is 2.92. The largest absolute Gasteiger partial charge is 0.406 e. The van der Waals surface area contributed by atoms with Crippen molar-refractivity contribution in [2.24, 2.45) is 0 Å². The van der Waals surface area contributed by atoms with E-state index >= 15 is 0 Å². The van der Waals surface area contributed by atoms with Crippen molar-refractivity contribution in [1.29, 1.82) is 0 Å². The molecule has 2 aromatic rings. The summed E-state index contributed by atoms with van der Waals surface area (Å²) >= 11 is 0. The summed E-state index contributed by atoms with van der Waals surface area (Å²) in [7, 11) is -2.85. The molecule has 0 spiro atoms. The molecule has 0 radical (unpaired) electrons. The van der Waals surface area contributed by atoms with Gasteiger partial charge >= 0.3 is 6.18 Å². The van der Waals surface area contributed by atoms with Crippen LogP contribution in [-0.2, 0) is 14.8 Å². The minimum Gasteiger partial charge on any atom is -0.332 e. The number of alkyl halides is 3. The zero-order valence-corrected chi connectivity index (χ0v) is 14.6. The number of benzene rings is 1. The van der Waals surface area contributed by atoms with Gasteiger partial charge in [-0.25, -0.2) is 8.42 Å². The van der Waals surface area contributed by atoms with E-state index in [0.29, 0.717) is 15.7 Å². The SMILES string of the molecule is CN(C1CCN(CC(F)(F)F)C1=O)S(=O)(=O)c1cccc2cnccc12. The molecule has 0 N–H and O–H groups in total. The fourth-order valence-electron chi connectivity index (χ4n) is 3.07. The van der Waals surface area contributed by atoms with Gasteiger partial charge in [0.25, 0.3) is 0 Å². The van der Waals surface area contributed by atoms with Gasteiger partial charge in [-0.1, -0.05) is 12.1 Å². The summed E-state index contributed by atoms with van der Waals surface area (Å²) in [6.07, 6.45) is -1.55. The number of carbonyl (C=O) groups is 1. The molecule has 0 aliphatic carbocycles. The van der Waals surface area contributed by atoms with Crippen LogP contribution in [0.5, 0.6) is 0 Å². The summed E-state index contributed by atoms with van der Waals surface area (Å²) in [5, 5.41) is 1.05. The van der Waals surface area contributed by atoms with Gasteiger partial charge in [-0.3, -0.25) is 9.78 Å². The van der Waals surface area contributed by atoms with Gasteiger partial charge in [-0.15, -0.1) is 0 Å². The van der Waals surface area contributed by atoms with Crippen LogP contribution in [-0.4, -0.2) is 60.9 Å². The second kappa shape index (κ2) is 6.51. The fourth-order valence-corrected chi connectivity index (χ4v) is 4.63. The first-order valence-electron chi connectivity index (χ1n) is 7.77. The second-order valence-corrected chi connectivity index (χ2v) is 8.02. The molecule has 1 unspecified atom stereocenters. The topological polar surface area (TPSA) is 70.6 Å². The lowest BCUT2D eigenvalue weighted by Crippen LogP contribution is -2.44. The van der Waals surface area contributed by atoms with Crippen molar-refractivity contribution in [3.8, 4) is 0 Å². The Balaban J connectivity index is 1.92. The van der Waals surface area contributed by atoms with Gasteiger partial charge in [0.05, 0.1) is 4.90 Å². The third-order valence-corrected chi connectivity index (χ3v) is 6.30. The first kappa shape index (κ1) is 18.6. The molecule has 2 heterocycles. The average molecular weight is 387 g/mol. The molecule has 1 saturated heterocycles. The number of sulfonamides is 1. The van der Waals surface area contributed by atoms with Crippen LogP contribution in [0, 0.1) is 0 Å². The molecule has 10 heteroatoms. The van der Waals surface area contributed by atoms with E-state index in [1.54, 1.807) is 18.2 Å². The van der Waals surface area contributed by atoms with Crippen LogP contribution in [0.2, 0.25) is 0 Å². The Kier molecular flexibility index (Phi) is 4.65. The minimum absolute atomic E-state index is 0.0109. The standard InChI is InChI=1S/C16H16F3N3O3S/c1-21(13-6-8-22(15(13)23)10-16(17,18)19)26(24,25)14-4-2-3-11-9-20-7-5-12(11)14/h2-5,7,9,13H,6,8,10H2,1H3. The van der Waals surface area contributed by atoms with Crippen molar-refractivity contribution in [3.63, 3.8) is 0 Å². The third kappa shape index (κ3) is 3.38. The second-order valence-electron chi connectivity index (χ2n) is 6.05. The Bertz CT molecular complexity index is 941. The number of hydrogen-bond donors (Lipinski definition) is 0. The van der Waals surface area contributed by atoms with Gasteiger partial charge in [-0.2, -0.15) is 17.5 Å². The predicted molar refractivity (Wildman–Crippen MR) is 87.7 cm³/mol. The number of fused-ring (bicyclic) bond motifs is 1. The van der Waals surface area contributed by atoms with Crippen LogP contribution in [0.25, 0.3) is 10.8 Å². The van der Waals surface area contributed by atoms with Crippen molar-refractivity contribution in [2.45, 2.75) is 23.5 Å². The lowest BCUT2D eigenvalue weighted by atomic mass is 10.2. The van der Waals surface area contributed by atoms with E-state index in [2.05, 4.69) is 4.98 Å². The number of carbonyl (C=O) groups excluding carboxylic acids is 1. The van der Waals surface area contributed by atoms with Gasteiger partial charge in [0, 0.05) is 36.8 Å². The Morgan fingerprint density at radius 2 is 2.04 bits per heavy atom. The van der Waals surface area contributed by atoms with E-state index in [-0.39, 0.29) is 17.9 Å². The maximum atomic E-state index is 13.0. The van der Waals surface area contributed by atoms with Crippen molar-refractivity contribution in [2.75, 3.05) is 20.1 Å².